The molecule has 0 saturated carbocycles. The smallest absolute Gasteiger partial charge is 0.0499 e. The molecule has 0 spiro atoms. The molecule has 1 fully saturated rings. The number of rotatable bonds is 8. The highest BCUT2D eigenvalue weighted by Gasteiger charge is 2.25. The van der Waals surface area contributed by atoms with Gasteiger partial charge in [0.2, 0.25) is 0 Å². The molecule has 1 aliphatic rings. The molecule has 1 unspecified atom stereocenters. The standard InChI is InChI=1S/C14H29NO2/c1-2-14(11-15,12-16)8-4-3-5-13-6-9-17-10-7-13/h13,16H,2-12,15H2,1H3. The van der Waals surface area contributed by atoms with Crippen LogP contribution in [0.2, 0.25) is 0 Å². The van der Waals surface area contributed by atoms with E-state index in [0.29, 0.717) is 6.54 Å². The first-order valence-electron chi connectivity index (χ1n) is 7.15. The highest BCUT2D eigenvalue weighted by Crippen LogP contribution is 2.28. The van der Waals surface area contributed by atoms with Crippen LogP contribution in [0, 0.1) is 11.3 Å². The Kier molecular flexibility index (Phi) is 7.09. The molecular formula is C14H29NO2. The number of nitrogens with two attached hydrogens (primary N) is 1. The van der Waals surface area contributed by atoms with E-state index in [1.165, 1.54) is 32.1 Å². The van der Waals surface area contributed by atoms with Gasteiger partial charge in [-0.3, -0.25) is 0 Å². The molecular weight excluding hydrogens is 214 g/mol. The van der Waals surface area contributed by atoms with Crippen LogP contribution in [0.25, 0.3) is 0 Å². The van der Waals surface area contributed by atoms with Crippen LogP contribution in [0.15, 0.2) is 0 Å². The SMILES string of the molecule is CCC(CN)(CO)CCCCC1CCOCC1. The third kappa shape index (κ3) is 4.94. The fourth-order valence-electron chi connectivity index (χ4n) is 2.65. The lowest BCUT2D eigenvalue weighted by molar-refractivity contribution is 0.0620. The quantitative estimate of drug-likeness (QED) is 0.643. The molecule has 0 aromatic carbocycles. The maximum Gasteiger partial charge on any atom is 0.0499 e. The van der Waals surface area contributed by atoms with Gasteiger partial charge in [0.05, 0.1) is 0 Å². The lowest BCUT2D eigenvalue weighted by atomic mass is 9.80. The van der Waals surface area contributed by atoms with Crippen LogP contribution in [-0.4, -0.2) is 31.5 Å². The third-order valence-electron chi connectivity index (χ3n) is 4.43. The maximum atomic E-state index is 9.43. The molecule has 3 heteroatoms. The Balaban J connectivity index is 2.13. The zero-order valence-corrected chi connectivity index (χ0v) is 11.3. The van der Waals surface area contributed by atoms with E-state index in [1.807, 2.05) is 0 Å². The van der Waals surface area contributed by atoms with Crippen LogP contribution in [0.1, 0.15) is 51.9 Å². The van der Waals surface area contributed by atoms with Gasteiger partial charge in [-0.1, -0.05) is 26.2 Å². The Morgan fingerprint density at radius 2 is 2.00 bits per heavy atom. The molecule has 1 atom stereocenters. The van der Waals surface area contributed by atoms with Gasteiger partial charge in [0.15, 0.2) is 0 Å². The van der Waals surface area contributed by atoms with E-state index in [4.69, 9.17) is 10.5 Å². The average Bonchev–Trinajstić information content (AvgIpc) is 2.41. The normalized spacial score (nSPS) is 21.4. The number of hydrogen-bond donors (Lipinski definition) is 2. The van der Waals surface area contributed by atoms with Crippen LogP contribution < -0.4 is 5.73 Å². The fourth-order valence-corrected chi connectivity index (χ4v) is 2.65. The number of aliphatic hydroxyl groups excluding tert-OH is 1. The summed E-state index contributed by atoms with van der Waals surface area (Å²) < 4.78 is 5.36. The van der Waals surface area contributed by atoms with E-state index in [9.17, 15) is 5.11 Å². The van der Waals surface area contributed by atoms with Gasteiger partial charge < -0.3 is 15.6 Å². The predicted octanol–water partition coefficient (Wildman–Crippen LogP) is 2.32. The summed E-state index contributed by atoms with van der Waals surface area (Å²) >= 11 is 0. The van der Waals surface area contributed by atoms with E-state index in [2.05, 4.69) is 6.92 Å². The first-order valence-corrected chi connectivity index (χ1v) is 7.15. The number of hydrogen-bond acceptors (Lipinski definition) is 3. The average molecular weight is 243 g/mol. The number of aliphatic hydroxyl groups is 1. The molecule has 3 N–H and O–H groups in total. The summed E-state index contributed by atoms with van der Waals surface area (Å²) in [6.07, 6.45) is 8.30. The van der Waals surface area contributed by atoms with E-state index >= 15 is 0 Å². The van der Waals surface area contributed by atoms with E-state index in [0.717, 1.165) is 32.0 Å². The molecule has 102 valence electrons. The summed E-state index contributed by atoms with van der Waals surface area (Å²) in [5.41, 5.74) is 5.76. The van der Waals surface area contributed by atoms with Crippen molar-refractivity contribution < 1.29 is 9.84 Å². The van der Waals surface area contributed by atoms with Crippen LogP contribution in [0.3, 0.4) is 0 Å². The second kappa shape index (κ2) is 8.06. The number of ether oxygens (including phenoxy) is 1. The second-order valence-corrected chi connectivity index (χ2v) is 5.52. The Morgan fingerprint density at radius 1 is 1.29 bits per heavy atom. The van der Waals surface area contributed by atoms with Crippen molar-refractivity contribution in [2.75, 3.05) is 26.4 Å². The molecule has 0 aliphatic carbocycles. The van der Waals surface area contributed by atoms with Crippen molar-refractivity contribution in [3.05, 3.63) is 0 Å². The predicted molar refractivity (Wildman–Crippen MR) is 70.9 cm³/mol. The van der Waals surface area contributed by atoms with Gasteiger partial charge in [-0.05, 0) is 31.6 Å². The fraction of sp³-hybridized carbons (Fsp3) is 1.00. The van der Waals surface area contributed by atoms with Crippen molar-refractivity contribution in [2.24, 2.45) is 17.1 Å². The van der Waals surface area contributed by atoms with Crippen LogP contribution in [0.5, 0.6) is 0 Å². The zero-order valence-electron chi connectivity index (χ0n) is 11.3. The zero-order chi connectivity index (χ0) is 12.6. The summed E-state index contributed by atoms with van der Waals surface area (Å²) in [6.45, 7) is 4.86. The Morgan fingerprint density at radius 3 is 2.53 bits per heavy atom. The summed E-state index contributed by atoms with van der Waals surface area (Å²) in [7, 11) is 0. The Bertz CT molecular complexity index is 178. The van der Waals surface area contributed by atoms with E-state index < -0.39 is 0 Å². The largest absolute Gasteiger partial charge is 0.396 e. The van der Waals surface area contributed by atoms with Crippen LogP contribution >= 0.6 is 0 Å². The van der Waals surface area contributed by atoms with Crippen molar-refractivity contribution in [1.82, 2.24) is 0 Å². The van der Waals surface area contributed by atoms with Gasteiger partial charge in [0, 0.05) is 31.8 Å². The summed E-state index contributed by atoms with van der Waals surface area (Å²) in [6, 6.07) is 0. The van der Waals surface area contributed by atoms with Crippen molar-refractivity contribution in [2.45, 2.75) is 51.9 Å². The molecule has 17 heavy (non-hydrogen) atoms. The van der Waals surface area contributed by atoms with Crippen molar-refractivity contribution >= 4 is 0 Å². The molecule has 0 bridgehead atoms. The minimum atomic E-state index is -0.0182. The van der Waals surface area contributed by atoms with Crippen molar-refractivity contribution in [1.29, 1.82) is 0 Å². The highest BCUT2D eigenvalue weighted by molar-refractivity contribution is 4.78. The van der Waals surface area contributed by atoms with Gasteiger partial charge in [-0.15, -0.1) is 0 Å². The third-order valence-corrected chi connectivity index (χ3v) is 4.43. The monoisotopic (exact) mass is 243 g/mol. The van der Waals surface area contributed by atoms with Crippen molar-refractivity contribution in [3.8, 4) is 0 Å². The second-order valence-electron chi connectivity index (χ2n) is 5.52. The molecule has 0 aromatic rings. The van der Waals surface area contributed by atoms with Crippen LogP contribution in [0.4, 0.5) is 0 Å². The highest BCUT2D eigenvalue weighted by atomic mass is 16.5. The molecule has 1 heterocycles. The number of unbranched alkanes of at least 4 members (excludes halogenated alkanes) is 1. The van der Waals surface area contributed by atoms with Gasteiger partial charge in [-0.2, -0.15) is 0 Å². The summed E-state index contributed by atoms with van der Waals surface area (Å²) in [5.74, 6) is 0.867. The van der Waals surface area contributed by atoms with Gasteiger partial charge >= 0.3 is 0 Å². The molecule has 1 rings (SSSR count). The lowest BCUT2D eigenvalue weighted by Crippen LogP contribution is -2.33. The summed E-state index contributed by atoms with van der Waals surface area (Å²) in [5, 5.41) is 9.43. The minimum Gasteiger partial charge on any atom is -0.396 e. The molecule has 0 amide bonds. The van der Waals surface area contributed by atoms with Crippen LogP contribution in [-0.2, 0) is 4.74 Å². The van der Waals surface area contributed by atoms with E-state index in [-0.39, 0.29) is 12.0 Å². The molecule has 1 saturated heterocycles. The molecule has 3 nitrogen and oxygen atoms in total. The Labute approximate surface area is 106 Å². The minimum absolute atomic E-state index is 0.0182. The molecule has 0 radical (unpaired) electrons. The molecule has 0 aromatic heterocycles. The first-order chi connectivity index (χ1) is 8.26. The van der Waals surface area contributed by atoms with Gasteiger partial charge in [0.1, 0.15) is 0 Å². The topological polar surface area (TPSA) is 55.5 Å². The van der Waals surface area contributed by atoms with Gasteiger partial charge in [-0.25, -0.2) is 0 Å². The van der Waals surface area contributed by atoms with Gasteiger partial charge in [0.25, 0.3) is 0 Å². The first kappa shape index (κ1) is 14.9. The lowest BCUT2D eigenvalue weighted by Gasteiger charge is -2.29. The maximum absolute atomic E-state index is 9.43. The summed E-state index contributed by atoms with van der Waals surface area (Å²) in [4.78, 5) is 0. The van der Waals surface area contributed by atoms with E-state index in [1.54, 1.807) is 0 Å². The Hall–Kier alpha value is -0.120. The molecule has 1 aliphatic heterocycles. The van der Waals surface area contributed by atoms with Crippen molar-refractivity contribution in [3.63, 3.8) is 0 Å².